The summed E-state index contributed by atoms with van der Waals surface area (Å²) >= 11 is 0. The summed E-state index contributed by atoms with van der Waals surface area (Å²) in [4.78, 5) is 19.8. The van der Waals surface area contributed by atoms with E-state index in [-0.39, 0.29) is 5.75 Å². The molecule has 2 aromatic carbocycles. The molecule has 90 valence electrons. The van der Waals surface area contributed by atoms with Gasteiger partial charge in [-0.3, -0.25) is 0 Å². The first kappa shape index (κ1) is 12.0. The van der Waals surface area contributed by atoms with Crippen LogP contribution in [0, 0.1) is 5.82 Å². The van der Waals surface area contributed by atoms with E-state index in [0.717, 1.165) is 0 Å². The Balaban J connectivity index is 2.20. The van der Waals surface area contributed by atoms with Gasteiger partial charge in [0.25, 0.3) is 0 Å². The first-order valence-corrected chi connectivity index (χ1v) is 6.83. The summed E-state index contributed by atoms with van der Waals surface area (Å²) in [7, 11) is -3.96. The van der Waals surface area contributed by atoms with E-state index in [0.29, 0.717) is 5.30 Å². The predicted molar refractivity (Wildman–Crippen MR) is 65.9 cm³/mol. The number of hydrogen-bond donors (Lipinski definition) is 2. The molecule has 0 unspecified atom stereocenters. The zero-order valence-electron chi connectivity index (χ0n) is 8.88. The molecule has 0 aliphatic rings. The van der Waals surface area contributed by atoms with Crippen LogP contribution in [0.2, 0.25) is 0 Å². The Labute approximate surface area is 98.7 Å². The standard InChI is InChI=1S/C12H12FO3P/c13-10-6-8-11(9-7-10)16-17(14,15)12-4-2-1-3-5-12/h1-9,14-15,17H. The van der Waals surface area contributed by atoms with Gasteiger partial charge < -0.3 is 0 Å². The van der Waals surface area contributed by atoms with Crippen molar-refractivity contribution >= 4 is 13.2 Å². The van der Waals surface area contributed by atoms with Gasteiger partial charge in [-0.25, -0.2) is 0 Å². The summed E-state index contributed by atoms with van der Waals surface area (Å²) in [5.74, 6) is -0.174. The average Bonchev–Trinajstić information content (AvgIpc) is 2.33. The van der Waals surface area contributed by atoms with Gasteiger partial charge in [0.15, 0.2) is 0 Å². The Bertz CT molecular complexity index is 485. The van der Waals surface area contributed by atoms with Crippen molar-refractivity contribution in [2.24, 2.45) is 0 Å². The van der Waals surface area contributed by atoms with E-state index in [2.05, 4.69) is 0 Å². The van der Waals surface area contributed by atoms with E-state index in [9.17, 15) is 14.2 Å². The van der Waals surface area contributed by atoms with E-state index in [1.807, 2.05) is 0 Å². The summed E-state index contributed by atoms with van der Waals surface area (Å²) < 4.78 is 17.8. The summed E-state index contributed by atoms with van der Waals surface area (Å²) in [6.45, 7) is 0. The molecule has 2 N–H and O–H groups in total. The van der Waals surface area contributed by atoms with E-state index in [1.165, 1.54) is 24.3 Å². The van der Waals surface area contributed by atoms with Gasteiger partial charge in [0.05, 0.1) is 0 Å². The predicted octanol–water partition coefficient (Wildman–Crippen LogP) is 2.01. The van der Waals surface area contributed by atoms with E-state index in [4.69, 9.17) is 4.52 Å². The molecular weight excluding hydrogens is 242 g/mol. The number of benzene rings is 2. The zero-order valence-corrected chi connectivity index (χ0v) is 9.88. The van der Waals surface area contributed by atoms with Gasteiger partial charge in [-0.15, -0.1) is 0 Å². The first-order chi connectivity index (χ1) is 8.08. The number of hydrogen-bond acceptors (Lipinski definition) is 3. The fourth-order valence-corrected chi connectivity index (χ4v) is 2.59. The van der Waals surface area contributed by atoms with Gasteiger partial charge >= 0.3 is 98.1 Å². The van der Waals surface area contributed by atoms with Crippen LogP contribution >= 0.6 is 7.94 Å². The van der Waals surface area contributed by atoms with Crippen LogP contribution in [0.15, 0.2) is 54.6 Å². The third kappa shape index (κ3) is 3.01. The van der Waals surface area contributed by atoms with E-state index < -0.39 is 13.8 Å². The molecule has 0 amide bonds. The van der Waals surface area contributed by atoms with Crippen molar-refractivity contribution < 1.29 is 18.7 Å². The molecule has 0 saturated heterocycles. The number of halogens is 1. The van der Waals surface area contributed by atoms with Gasteiger partial charge in [0, 0.05) is 0 Å². The molecule has 0 bridgehead atoms. The molecule has 0 saturated carbocycles. The van der Waals surface area contributed by atoms with E-state index in [1.54, 1.807) is 30.3 Å². The molecule has 0 spiro atoms. The molecule has 2 aromatic rings. The fourth-order valence-electron chi connectivity index (χ4n) is 1.38. The van der Waals surface area contributed by atoms with Crippen LogP contribution in [0.3, 0.4) is 0 Å². The minimum atomic E-state index is -3.96. The third-order valence-electron chi connectivity index (χ3n) is 2.22. The van der Waals surface area contributed by atoms with Gasteiger partial charge in [-0.05, 0) is 0 Å². The molecule has 2 rings (SSSR count). The normalized spacial score (nSPS) is 12.2. The molecule has 0 aliphatic heterocycles. The Morgan fingerprint density at radius 2 is 1.47 bits per heavy atom. The molecule has 0 atom stereocenters. The summed E-state index contributed by atoms with van der Waals surface area (Å²) in [6.07, 6.45) is 0. The second-order valence-corrected chi connectivity index (χ2v) is 5.53. The van der Waals surface area contributed by atoms with Gasteiger partial charge in [0.2, 0.25) is 0 Å². The Morgan fingerprint density at radius 1 is 0.882 bits per heavy atom. The SMILES string of the molecule is O[PH](O)(Oc1ccc(F)cc1)c1ccccc1. The molecule has 0 aromatic heterocycles. The summed E-state index contributed by atoms with van der Waals surface area (Å²) in [5.41, 5.74) is 0. The maximum absolute atomic E-state index is 12.7. The minimum absolute atomic E-state index is 0.229. The van der Waals surface area contributed by atoms with E-state index >= 15 is 0 Å². The van der Waals surface area contributed by atoms with Crippen LogP contribution in [0.25, 0.3) is 0 Å². The fraction of sp³-hybridized carbons (Fsp3) is 0. The summed E-state index contributed by atoms with van der Waals surface area (Å²) in [6, 6.07) is 13.4. The zero-order chi connectivity index (χ0) is 12.3. The molecule has 3 nitrogen and oxygen atoms in total. The van der Waals surface area contributed by atoms with Gasteiger partial charge in [0.1, 0.15) is 0 Å². The maximum atomic E-state index is 12.7. The molecule has 0 aliphatic carbocycles. The van der Waals surface area contributed by atoms with Crippen LogP contribution < -0.4 is 9.83 Å². The van der Waals surface area contributed by atoms with Crippen LogP contribution in [-0.2, 0) is 0 Å². The molecular formula is C12H12FO3P. The molecule has 0 radical (unpaired) electrons. The molecule has 0 fully saturated rings. The van der Waals surface area contributed by atoms with Gasteiger partial charge in [-0.1, -0.05) is 0 Å². The second kappa shape index (κ2) is 4.80. The van der Waals surface area contributed by atoms with Crippen LogP contribution in [0.4, 0.5) is 4.39 Å². The molecule has 5 heteroatoms. The third-order valence-corrected chi connectivity index (χ3v) is 3.83. The Morgan fingerprint density at radius 3 is 2.06 bits per heavy atom. The van der Waals surface area contributed by atoms with Crippen molar-refractivity contribution in [2.45, 2.75) is 0 Å². The van der Waals surface area contributed by atoms with Crippen LogP contribution in [0.5, 0.6) is 5.75 Å². The van der Waals surface area contributed by atoms with Crippen molar-refractivity contribution in [1.82, 2.24) is 0 Å². The average molecular weight is 254 g/mol. The monoisotopic (exact) mass is 254 g/mol. The van der Waals surface area contributed by atoms with Crippen molar-refractivity contribution in [3.8, 4) is 5.75 Å². The van der Waals surface area contributed by atoms with Crippen molar-refractivity contribution in [1.29, 1.82) is 0 Å². The quantitative estimate of drug-likeness (QED) is 0.824. The first-order valence-electron chi connectivity index (χ1n) is 5.03. The van der Waals surface area contributed by atoms with Crippen LogP contribution in [0.1, 0.15) is 0 Å². The topological polar surface area (TPSA) is 49.7 Å². The van der Waals surface area contributed by atoms with Gasteiger partial charge in [-0.2, -0.15) is 0 Å². The molecule has 0 heterocycles. The Kier molecular flexibility index (Phi) is 3.38. The van der Waals surface area contributed by atoms with Crippen molar-refractivity contribution in [2.75, 3.05) is 0 Å². The number of rotatable bonds is 3. The Hall–Kier alpha value is -1.48. The summed E-state index contributed by atoms with van der Waals surface area (Å²) in [5, 5.41) is 0.337. The molecule has 17 heavy (non-hydrogen) atoms. The van der Waals surface area contributed by atoms with Crippen molar-refractivity contribution in [3.05, 3.63) is 60.4 Å². The van der Waals surface area contributed by atoms with Crippen LogP contribution in [-0.4, -0.2) is 9.79 Å². The van der Waals surface area contributed by atoms with Crippen molar-refractivity contribution in [3.63, 3.8) is 0 Å². The second-order valence-electron chi connectivity index (χ2n) is 3.53.